The third-order valence-electron chi connectivity index (χ3n) is 3.77. The number of hydrogen-bond acceptors (Lipinski definition) is 2. The average molecular weight is 288 g/mol. The Labute approximate surface area is 126 Å². The number of benzene rings is 1. The highest BCUT2D eigenvalue weighted by atomic mass is 16.2. The first-order chi connectivity index (χ1) is 10.0. The van der Waals surface area contributed by atoms with Crippen LogP contribution in [0.1, 0.15) is 44.7 Å². The SMILES string of the molecule is CCCC(=O)NCc1ccc2c(c1)CCN2C(=O)C(C)C. The lowest BCUT2D eigenvalue weighted by Crippen LogP contribution is -2.32. The molecule has 1 aliphatic rings. The van der Waals surface area contributed by atoms with Crippen molar-refractivity contribution in [1.82, 2.24) is 5.32 Å². The van der Waals surface area contributed by atoms with Gasteiger partial charge in [0.2, 0.25) is 11.8 Å². The Bertz CT molecular complexity index is 538. The molecular weight excluding hydrogens is 264 g/mol. The van der Waals surface area contributed by atoms with E-state index in [2.05, 4.69) is 11.4 Å². The molecule has 0 aromatic heterocycles. The van der Waals surface area contributed by atoms with Crippen molar-refractivity contribution in [3.05, 3.63) is 29.3 Å². The second-order valence-electron chi connectivity index (χ2n) is 5.88. The van der Waals surface area contributed by atoms with E-state index < -0.39 is 0 Å². The van der Waals surface area contributed by atoms with Crippen molar-refractivity contribution >= 4 is 17.5 Å². The molecule has 114 valence electrons. The summed E-state index contributed by atoms with van der Waals surface area (Å²) in [5.74, 6) is 0.288. The number of anilines is 1. The molecule has 4 nitrogen and oxygen atoms in total. The Morgan fingerprint density at radius 2 is 2.10 bits per heavy atom. The predicted octanol–water partition coefficient (Wildman–Crippen LogP) is 2.65. The highest BCUT2D eigenvalue weighted by molar-refractivity contribution is 5.96. The van der Waals surface area contributed by atoms with E-state index in [0.29, 0.717) is 13.0 Å². The molecule has 0 saturated heterocycles. The van der Waals surface area contributed by atoms with E-state index in [-0.39, 0.29) is 17.7 Å². The highest BCUT2D eigenvalue weighted by Gasteiger charge is 2.26. The summed E-state index contributed by atoms with van der Waals surface area (Å²) in [5.41, 5.74) is 3.32. The van der Waals surface area contributed by atoms with Gasteiger partial charge in [0.1, 0.15) is 0 Å². The predicted molar refractivity (Wildman–Crippen MR) is 84.1 cm³/mol. The minimum Gasteiger partial charge on any atom is -0.352 e. The first-order valence-electron chi connectivity index (χ1n) is 7.72. The third-order valence-corrected chi connectivity index (χ3v) is 3.77. The second kappa shape index (κ2) is 6.74. The van der Waals surface area contributed by atoms with Crippen LogP contribution in [0, 0.1) is 5.92 Å². The molecule has 0 spiro atoms. The molecule has 2 amide bonds. The van der Waals surface area contributed by atoms with Gasteiger partial charge in [-0.15, -0.1) is 0 Å². The summed E-state index contributed by atoms with van der Waals surface area (Å²) in [5, 5.41) is 2.92. The van der Waals surface area contributed by atoms with Crippen LogP contribution >= 0.6 is 0 Å². The van der Waals surface area contributed by atoms with Crippen molar-refractivity contribution in [2.75, 3.05) is 11.4 Å². The van der Waals surface area contributed by atoms with Crippen LogP contribution in [0.25, 0.3) is 0 Å². The van der Waals surface area contributed by atoms with Crippen LogP contribution in [0.3, 0.4) is 0 Å². The molecule has 0 radical (unpaired) electrons. The van der Waals surface area contributed by atoms with Gasteiger partial charge >= 0.3 is 0 Å². The maximum absolute atomic E-state index is 12.1. The molecule has 0 bridgehead atoms. The van der Waals surface area contributed by atoms with Crippen LogP contribution in [-0.2, 0) is 22.6 Å². The topological polar surface area (TPSA) is 49.4 Å². The van der Waals surface area contributed by atoms with E-state index in [1.807, 2.05) is 37.8 Å². The molecule has 0 aliphatic carbocycles. The van der Waals surface area contributed by atoms with E-state index in [9.17, 15) is 9.59 Å². The molecule has 1 aromatic rings. The number of hydrogen-bond donors (Lipinski definition) is 1. The molecule has 0 fully saturated rings. The summed E-state index contributed by atoms with van der Waals surface area (Å²) < 4.78 is 0. The van der Waals surface area contributed by atoms with Crippen LogP contribution in [0.4, 0.5) is 5.69 Å². The number of amides is 2. The zero-order chi connectivity index (χ0) is 15.4. The monoisotopic (exact) mass is 288 g/mol. The Balaban J connectivity index is 2.04. The van der Waals surface area contributed by atoms with Gasteiger partial charge in [0.25, 0.3) is 0 Å². The van der Waals surface area contributed by atoms with Gasteiger partial charge in [0.05, 0.1) is 0 Å². The normalized spacial score (nSPS) is 13.4. The number of rotatable bonds is 5. The largest absolute Gasteiger partial charge is 0.352 e. The van der Waals surface area contributed by atoms with Crippen LogP contribution in [0.2, 0.25) is 0 Å². The number of nitrogens with one attached hydrogen (secondary N) is 1. The minimum absolute atomic E-state index is 0.0176. The smallest absolute Gasteiger partial charge is 0.229 e. The maximum Gasteiger partial charge on any atom is 0.229 e. The lowest BCUT2D eigenvalue weighted by Gasteiger charge is -2.19. The Morgan fingerprint density at radius 1 is 1.33 bits per heavy atom. The van der Waals surface area contributed by atoms with Crippen LogP contribution in [0.15, 0.2) is 18.2 Å². The highest BCUT2D eigenvalue weighted by Crippen LogP contribution is 2.30. The lowest BCUT2D eigenvalue weighted by molar-refractivity contribution is -0.122. The fourth-order valence-electron chi connectivity index (χ4n) is 2.62. The first-order valence-corrected chi connectivity index (χ1v) is 7.72. The van der Waals surface area contributed by atoms with Gasteiger partial charge < -0.3 is 10.2 Å². The average Bonchev–Trinajstić information content (AvgIpc) is 2.87. The molecule has 0 atom stereocenters. The quantitative estimate of drug-likeness (QED) is 0.905. The summed E-state index contributed by atoms with van der Waals surface area (Å²) >= 11 is 0. The van der Waals surface area contributed by atoms with Crippen molar-refractivity contribution in [2.24, 2.45) is 5.92 Å². The molecule has 1 heterocycles. The van der Waals surface area contributed by atoms with Crippen LogP contribution < -0.4 is 10.2 Å². The maximum atomic E-state index is 12.1. The number of carbonyl (C=O) groups excluding carboxylic acids is 2. The number of fused-ring (bicyclic) bond motifs is 1. The summed E-state index contributed by atoms with van der Waals surface area (Å²) in [4.78, 5) is 25.5. The molecule has 1 aliphatic heterocycles. The molecule has 1 aromatic carbocycles. The van der Waals surface area contributed by atoms with E-state index in [1.54, 1.807) is 0 Å². The zero-order valence-corrected chi connectivity index (χ0v) is 13.1. The molecule has 4 heteroatoms. The van der Waals surface area contributed by atoms with Gasteiger partial charge in [-0.2, -0.15) is 0 Å². The minimum atomic E-state index is 0.0176. The van der Waals surface area contributed by atoms with Gasteiger partial charge in [-0.25, -0.2) is 0 Å². The molecule has 0 saturated carbocycles. The lowest BCUT2D eigenvalue weighted by atomic mass is 10.1. The van der Waals surface area contributed by atoms with Crippen LogP contribution in [0.5, 0.6) is 0 Å². The van der Waals surface area contributed by atoms with Gasteiger partial charge in [-0.1, -0.05) is 32.9 Å². The third kappa shape index (κ3) is 3.63. The van der Waals surface area contributed by atoms with Crippen molar-refractivity contribution in [1.29, 1.82) is 0 Å². The molecule has 0 unspecified atom stereocenters. The summed E-state index contributed by atoms with van der Waals surface area (Å²) in [7, 11) is 0. The Hall–Kier alpha value is -1.84. The summed E-state index contributed by atoms with van der Waals surface area (Å²) in [6.07, 6.45) is 2.33. The van der Waals surface area contributed by atoms with Crippen LogP contribution in [-0.4, -0.2) is 18.4 Å². The van der Waals surface area contributed by atoms with Gasteiger partial charge in [-0.3, -0.25) is 9.59 Å². The van der Waals surface area contributed by atoms with Gasteiger partial charge in [0.15, 0.2) is 0 Å². The number of nitrogens with zero attached hydrogens (tertiary/aromatic N) is 1. The van der Waals surface area contributed by atoms with E-state index in [0.717, 1.165) is 30.6 Å². The van der Waals surface area contributed by atoms with Crippen molar-refractivity contribution in [3.8, 4) is 0 Å². The Kier molecular flexibility index (Phi) is 4.99. The molecule has 21 heavy (non-hydrogen) atoms. The molecule has 1 N–H and O–H groups in total. The first kappa shape index (κ1) is 15.5. The van der Waals surface area contributed by atoms with Crippen molar-refractivity contribution in [2.45, 2.75) is 46.6 Å². The van der Waals surface area contributed by atoms with E-state index in [1.165, 1.54) is 5.56 Å². The van der Waals surface area contributed by atoms with Crippen molar-refractivity contribution < 1.29 is 9.59 Å². The van der Waals surface area contributed by atoms with Gasteiger partial charge in [-0.05, 0) is 30.0 Å². The Morgan fingerprint density at radius 3 is 2.76 bits per heavy atom. The fourth-order valence-corrected chi connectivity index (χ4v) is 2.62. The van der Waals surface area contributed by atoms with Gasteiger partial charge in [0, 0.05) is 31.1 Å². The summed E-state index contributed by atoms with van der Waals surface area (Å²) in [6, 6.07) is 6.11. The number of carbonyl (C=O) groups is 2. The molecule has 2 rings (SSSR count). The fraction of sp³-hybridized carbons (Fsp3) is 0.529. The van der Waals surface area contributed by atoms with E-state index >= 15 is 0 Å². The zero-order valence-electron chi connectivity index (χ0n) is 13.1. The second-order valence-corrected chi connectivity index (χ2v) is 5.88. The summed E-state index contributed by atoms with van der Waals surface area (Å²) in [6.45, 7) is 7.17. The van der Waals surface area contributed by atoms with Crippen molar-refractivity contribution in [3.63, 3.8) is 0 Å². The molecular formula is C17H24N2O2. The standard InChI is InChI=1S/C17H24N2O2/c1-4-5-16(20)18-11-13-6-7-15-14(10-13)8-9-19(15)17(21)12(2)3/h6-7,10,12H,4-5,8-9,11H2,1-3H3,(H,18,20). The van der Waals surface area contributed by atoms with E-state index in [4.69, 9.17) is 0 Å².